The highest BCUT2D eigenvalue weighted by atomic mass is 35.5. The summed E-state index contributed by atoms with van der Waals surface area (Å²) in [5, 5.41) is 3.24. The first kappa shape index (κ1) is 15.0. The van der Waals surface area contributed by atoms with Crippen molar-refractivity contribution in [3.05, 3.63) is 11.9 Å². The average Bonchev–Trinajstić information content (AvgIpc) is 2.61. The van der Waals surface area contributed by atoms with Crippen LogP contribution in [-0.2, 0) is 6.54 Å². The van der Waals surface area contributed by atoms with Crippen LogP contribution in [0.2, 0.25) is 0 Å². The zero-order chi connectivity index (χ0) is 12.3. The monoisotopic (exact) mass is 272 g/mol. The smallest absolute Gasteiger partial charge is 0.239 e. The molecule has 0 aliphatic carbocycles. The van der Waals surface area contributed by atoms with Gasteiger partial charge in [-0.3, -0.25) is 4.98 Å². The van der Waals surface area contributed by atoms with Crippen molar-refractivity contribution >= 4 is 18.2 Å². The summed E-state index contributed by atoms with van der Waals surface area (Å²) in [5.41, 5.74) is 0.892. The Hall–Kier alpha value is -1.07. The lowest BCUT2D eigenvalue weighted by Crippen LogP contribution is -2.29. The lowest BCUT2D eigenvalue weighted by atomic mass is 10.2. The van der Waals surface area contributed by atoms with Crippen molar-refractivity contribution in [1.29, 1.82) is 0 Å². The molecule has 0 aromatic carbocycles. The molecule has 1 aromatic heterocycles. The molecule has 0 amide bonds. The summed E-state index contributed by atoms with van der Waals surface area (Å²) in [6.07, 6.45) is 2.90. The summed E-state index contributed by atoms with van der Waals surface area (Å²) in [6.45, 7) is 6.57. The standard InChI is InChI=1S/C12H20N4O.ClH/c1-4-9(2)16(3)11-8-14-10-7-13-5-6-17-12(10)15-11;/h8-9,13H,4-7H2,1-3H3;1H. The third kappa shape index (κ3) is 3.23. The molecule has 1 aliphatic rings. The van der Waals surface area contributed by atoms with E-state index in [2.05, 4.69) is 34.0 Å². The summed E-state index contributed by atoms with van der Waals surface area (Å²) >= 11 is 0. The van der Waals surface area contributed by atoms with Gasteiger partial charge in [-0.25, -0.2) is 0 Å². The van der Waals surface area contributed by atoms with Crippen LogP contribution in [0.15, 0.2) is 6.20 Å². The summed E-state index contributed by atoms with van der Waals surface area (Å²) < 4.78 is 5.59. The quantitative estimate of drug-likeness (QED) is 0.906. The third-order valence-electron chi connectivity index (χ3n) is 3.22. The Balaban J connectivity index is 0.00000162. The fourth-order valence-corrected chi connectivity index (χ4v) is 1.72. The molecule has 1 atom stereocenters. The number of hydrogen-bond donors (Lipinski definition) is 1. The second-order valence-electron chi connectivity index (χ2n) is 4.37. The predicted molar refractivity (Wildman–Crippen MR) is 74.6 cm³/mol. The van der Waals surface area contributed by atoms with E-state index in [0.29, 0.717) is 18.5 Å². The number of halogens is 1. The van der Waals surface area contributed by atoms with Gasteiger partial charge in [-0.2, -0.15) is 4.98 Å². The molecule has 2 heterocycles. The number of rotatable bonds is 3. The second-order valence-corrected chi connectivity index (χ2v) is 4.37. The number of ether oxygens (including phenoxy) is 1. The van der Waals surface area contributed by atoms with Gasteiger partial charge in [0.15, 0.2) is 5.82 Å². The molecule has 0 fully saturated rings. The summed E-state index contributed by atoms with van der Waals surface area (Å²) in [4.78, 5) is 11.1. The largest absolute Gasteiger partial charge is 0.475 e. The molecular formula is C12H21ClN4O. The Bertz CT molecular complexity index is 388. The van der Waals surface area contributed by atoms with Crippen molar-refractivity contribution < 1.29 is 4.74 Å². The molecule has 1 unspecified atom stereocenters. The molecular weight excluding hydrogens is 252 g/mol. The molecule has 0 saturated carbocycles. The lowest BCUT2D eigenvalue weighted by molar-refractivity contribution is 0.313. The number of hydrogen-bond acceptors (Lipinski definition) is 5. The Morgan fingerprint density at radius 1 is 1.56 bits per heavy atom. The average molecular weight is 273 g/mol. The zero-order valence-electron chi connectivity index (χ0n) is 11.1. The normalized spacial score (nSPS) is 15.7. The van der Waals surface area contributed by atoms with Gasteiger partial charge in [0.25, 0.3) is 0 Å². The molecule has 0 bridgehead atoms. The van der Waals surface area contributed by atoms with Crippen LogP contribution >= 0.6 is 12.4 Å². The van der Waals surface area contributed by atoms with Gasteiger partial charge in [-0.15, -0.1) is 12.4 Å². The van der Waals surface area contributed by atoms with Crippen molar-refractivity contribution in [1.82, 2.24) is 15.3 Å². The van der Waals surface area contributed by atoms with Crippen molar-refractivity contribution in [2.75, 3.05) is 25.1 Å². The SMILES string of the molecule is CCC(C)N(C)c1cnc2c(n1)OCCNC2.Cl. The van der Waals surface area contributed by atoms with Gasteiger partial charge in [0.2, 0.25) is 5.88 Å². The molecule has 1 aliphatic heterocycles. The lowest BCUT2D eigenvalue weighted by Gasteiger charge is -2.24. The van der Waals surface area contributed by atoms with Crippen molar-refractivity contribution in [2.45, 2.75) is 32.9 Å². The molecule has 0 radical (unpaired) electrons. The molecule has 5 nitrogen and oxygen atoms in total. The molecule has 0 saturated heterocycles. The van der Waals surface area contributed by atoms with Gasteiger partial charge < -0.3 is 15.0 Å². The maximum absolute atomic E-state index is 5.59. The first-order chi connectivity index (χ1) is 8.22. The second kappa shape index (κ2) is 6.75. The highest BCUT2D eigenvalue weighted by molar-refractivity contribution is 5.85. The predicted octanol–water partition coefficient (Wildman–Crippen LogP) is 1.62. The Morgan fingerprint density at radius 2 is 2.33 bits per heavy atom. The Kier molecular flexibility index (Phi) is 5.62. The van der Waals surface area contributed by atoms with E-state index in [9.17, 15) is 0 Å². The van der Waals surface area contributed by atoms with Crippen LogP contribution in [0.5, 0.6) is 5.88 Å². The van der Waals surface area contributed by atoms with E-state index in [-0.39, 0.29) is 12.4 Å². The highest BCUT2D eigenvalue weighted by Crippen LogP contribution is 2.20. The van der Waals surface area contributed by atoms with Gasteiger partial charge in [0.05, 0.1) is 6.20 Å². The maximum Gasteiger partial charge on any atom is 0.239 e. The van der Waals surface area contributed by atoms with E-state index >= 15 is 0 Å². The van der Waals surface area contributed by atoms with Gasteiger partial charge in [0, 0.05) is 26.2 Å². The molecule has 0 spiro atoms. The minimum absolute atomic E-state index is 0. The number of aromatic nitrogens is 2. The van der Waals surface area contributed by atoms with E-state index in [0.717, 1.165) is 31.0 Å². The van der Waals surface area contributed by atoms with Crippen LogP contribution in [0.25, 0.3) is 0 Å². The van der Waals surface area contributed by atoms with Crippen molar-refractivity contribution in [3.8, 4) is 5.88 Å². The summed E-state index contributed by atoms with van der Waals surface area (Å²) in [7, 11) is 2.04. The molecule has 2 rings (SSSR count). The highest BCUT2D eigenvalue weighted by Gasteiger charge is 2.15. The molecule has 18 heavy (non-hydrogen) atoms. The Morgan fingerprint density at radius 3 is 3.06 bits per heavy atom. The van der Waals surface area contributed by atoms with E-state index in [1.807, 2.05) is 13.2 Å². The van der Waals surface area contributed by atoms with Gasteiger partial charge in [-0.1, -0.05) is 6.92 Å². The molecule has 6 heteroatoms. The van der Waals surface area contributed by atoms with Crippen LogP contribution in [0.3, 0.4) is 0 Å². The van der Waals surface area contributed by atoms with Gasteiger partial charge in [-0.05, 0) is 13.3 Å². The van der Waals surface area contributed by atoms with Crippen LogP contribution < -0.4 is 15.0 Å². The van der Waals surface area contributed by atoms with E-state index in [1.54, 1.807) is 0 Å². The van der Waals surface area contributed by atoms with Gasteiger partial charge in [0.1, 0.15) is 12.3 Å². The van der Waals surface area contributed by atoms with Gasteiger partial charge >= 0.3 is 0 Å². The Labute approximate surface area is 114 Å². The van der Waals surface area contributed by atoms with Crippen LogP contribution in [0.4, 0.5) is 5.82 Å². The molecule has 1 aromatic rings. The first-order valence-corrected chi connectivity index (χ1v) is 6.14. The summed E-state index contributed by atoms with van der Waals surface area (Å²) in [5.74, 6) is 1.54. The minimum Gasteiger partial charge on any atom is -0.475 e. The molecule has 102 valence electrons. The van der Waals surface area contributed by atoms with E-state index < -0.39 is 0 Å². The van der Waals surface area contributed by atoms with Crippen LogP contribution in [0, 0.1) is 0 Å². The molecule has 1 N–H and O–H groups in total. The fourth-order valence-electron chi connectivity index (χ4n) is 1.72. The van der Waals surface area contributed by atoms with E-state index in [4.69, 9.17) is 4.74 Å². The first-order valence-electron chi connectivity index (χ1n) is 6.14. The maximum atomic E-state index is 5.59. The number of fused-ring (bicyclic) bond motifs is 1. The zero-order valence-corrected chi connectivity index (χ0v) is 12.0. The van der Waals surface area contributed by atoms with Crippen LogP contribution in [-0.4, -0.2) is 36.2 Å². The van der Waals surface area contributed by atoms with E-state index in [1.165, 1.54) is 0 Å². The topological polar surface area (TPSA) is 50.3 Å². The minimum atomic E-state index is 0. The van der Waals surface area contributed by atoms with Crippen molar-refractivity contribution in [3.63, 3.8) is 0 Å². The third-order valence-corrected chi connectivity index (χ3v) is 3.22. The number of anilines is 1. The fraction of sp³-hybridized carbons (Fsp3) is 0.667. The van der Waals surface area contributed by atoms with Crippen LogP contribution in [0.1, 0.15) is 26.0 Å². The van der Waals surface area contributed by atoms with Crippen molar-refractivity contribution in [2.24, 2.45) is 0 Å². The number of nitrogens with zero attached hydrogens (tertiary/aromatic N) is 3. The number of nitrogens with one attached hydrogen (secondary N) is 1. The summed E-state index contributed by atoms with van der Waals surface area (Å²) in [6, 6.07) is 0.450.